The Morgan fingerprint density at radius 2 is 1.83 bits per heavy atom. The van der Waals surface area contributed by atoms with Crippen molar-refractivity contribution in [3.05, 3.63) is 23.4 Å². The zero-order valence-corrected chi connectivity index (χ0v) is 16.1. The van der Waals surface area contributed by atoms with Gasteiger partial charge in [0.25, 0.3) is 5.91 Å². The van der Waals surface area contributed by atoms with Crippen LogP contribution in [0.3, 0.4) is 0 Å². The third-order valence-corrected chi connectivity index (χ3v) is 5.78. The molecule has 5 rings (SSSR count). The maximum absolute atomic E-state index is 11.9. The van der Waals surface area contributed by atoms with E-state index in [-0.39, 0.29) is 18.2 Å². The number of rotatable bonds is 5. The molecule has 0 atom stereocenters. The molecule has 3 aliphatic rings. The third-order valence-electron chi connectivity index (χ3n) is 5.78. The predicted molar refractivity (Wildman–Crippen MR) is 109 cm³/mol. The molecule has 2 aromatic rings. The number of fused-ring (bicyclic) bond motifs is 1. The highest BCUT2D eigenvalue weighted by Crippen LogP contribution is 2.29. The van der Waals surface area contributed by atoms with E-state index >= 15 is 0 Å². The first kappa shape index (κ1) is 18.1. The molecule has 1 saturated heterocycles. The molecule has 152 valence electrons. The van der Waals surface area contributed by atoms with Crippen molar-refractivity contribution in [2.75, 3.05) is 10.6 Å². The molecule has 1 aliphatic heterocycles. The molecule has 2 aromatic heterocycles. The molecule has 2 aliphatic carbocycles. The molecule has 2 saturated carbocycles. The normalized spacial score (nSPS) is 26.2. The number of carbonyl (C=O) groups excluding carboxylic acids is 2. The Bertz CT molecular complexity index is 1000. The van der Waals surface area contributed by atoms with E-state index in [0.29, 0.717) is 29.3 Å². The van der Waals surface area contributed by atoms with Gasteiger partial charge < -0.3 is 16.4 Å². The maximum Gasteiger partial charge on any atom is 0.254 e. The number of nitrogens with two attached hydrogens (primary N) is 1. The Balaban J connectivity index is 1.49. The fraction of sp³-hybridized carbons (Fsp3) is 0.500. The quantitative estimate of drug-likeness (QED) is 0.445. The number of anilines is 2. The number of hydrogen-bond acceptors (Lipinski definition) is 7. The number of nitrogens with zero attached hydrogens (tertiary/aromatic N) is 3. The van der Waals surface area contributed by atoms with Crippen LogP contribution in [0.2, 0.25) is 0 Å². The molecule has 0 spiro atoms. The summed E-state index contributed by atoms with van der Waals surface area (Å²) in [5, 5.41) is 13.8. The van der Waals surface area contributed by atoms with Crippen LogP contribution < -0.4 is 21.7 Å². The van der Waals surface area contributed by atoms with Crippen LogP contribution in [0.25, 0.3) is 11.7 Å². The SMILES string of the molecule is N[C@H]1CC[C@H](Nc2cc(NC3CC3)n3ncc(C=C4CC(=O)NC4=O)c3n2)CC1. The first-order valence-electron chi connectivity index (χ1n) is 10.3. The highest BCUT2D eigenvalue weighted by atomic mass is 16.2. The van der Waals surface area contributed by atoms with Crippen molar-refractivity contribution in [3.63, 3.8) is 0 Å². The monoisotopic (exact) mass is 395 g/mol. The summed E-state index contributed by atoms with van der Waals surface area (Å²) in [4.78, 5) is 28.2. The van der Waals surface area contributed by atoms with Crippen molar-refractivity contribution in [2.45, 2.75) is 63.1 Å². The van der Waals surface area contributed by atoms with Crippen LogP contribution in [-0.2, 0) is 9.59 Å². The Morgan fingerprint density at radius 1 is 1.10 bits per heavy atom. The number of imide groups is 1. The average Bonchev–Trinajstić information content (AvgIpc) is 3.33. The van der Waals surface area contributed by atoms with Gasteiger partial charge in [-0.05, 0) is 44.6 Å². The maximum atomic E-state index is 11.9. The fourth-order valence-electron chi connectivity index (χ4n) is 3.98. The Hall–Kier alpha value is -2.94. The van der Waals surface area contributed by atoms with Gasteiger partial charge in [0.1, 0.15) is 11.6 Å². The standard InChI is InChI=1S/C20H25N7O2/c21-13-1-3-14(4-2-13)23-16-9-17(24-15-5-6-15)27-19(25-16)12(10-22-27)7-11-8-18(28)26-20(11)29/h7,9-10,13-15,24H,1-6,8,21H2,(H,23,25)(H,26,28,29)/t13-,14-. The molecule has 3 fully saturated rings. The molecule has 2 amide bonds. The van der Waals surface area contributed by atoms with E-state index < -0.39 is 0 Å². The van der Waals surface area contributed by atoms with Crippen LogP contribution in [0.1, 0.15) is 50.5 Å². The van der Waals surface area contributed by atoms with E-state index in [0.717, 1.165) is 55.7 Å². The van der Waals surface area contributed by atoms with Gasteiger partial charge >= 0.3 is 0 Å². The van der Waals surface area contributed by atoms with Crippen LogP contribution in [0.15, 0.2) is 17.8 Å². The summed E-state index contributed by atoms with van der Waals surface area (Å²) in [6.45, 7) is 0. The molecular formula is C20H25N7O2. The van der Waals surface area contributed by atoms with Crippen molar-refractivity contribution in [1.29, 1.82) is 0 Å². The van der Waals surface area contributed by atoms with E-state index in [1.54, 1.807) is 16.8 Å². The lowest BCUT2D eigenvalue weighted by atomic mass is 9.92. The minimum Gasteiger partial charge on any atom is -0.367 e. The Morgan fingerprint density at radius 3 is 2.52 bits per heavy atom. The summed E-state index contributed by atoms with van der Waals surface area (Å²) < 4.78 is 1.77. The zero-order chi connectivity index (χ0) is 20.0. The van der Waals surface area contributed by atoms with Gasteiger partial charge in [-0.25, -0.2) is 4.98 Å². The molecule has 9 nitrogen and oxygen atoms in total. The van der Waals surface area contributed by atoms with Crippen molar-refractivity contribution in [2.24, 2.45) is 5.73 Å². The Labute approximate surface area is 168 Å². The summed E-state index contributed by atoms with van der Waals surface area (Å²) in [6.07, 6.45) is 9.85. The van der Waals surface area contributed by atoms with Crippen LogP contribution in [0.5, 0.6) is 0 Å². The van der Waals surface area contributed by atoms with Gasteiger partial charge in [-0.1, -0.05) is 0 Å². The second-order valence-electron chi connectivity index (χ2n) is 8.26. The molecule has 9 heteroatoms. The minimum atomic E-state index is -0.349. The second-order valence-corrected chi connectivity index (χ2v) is 8.26. The fourth-order valence-corrected chi connectivity index (χ4v) is 3.98. The molecule has 3 heterocycles. The summed E-state index contributed by atoms with van der Waals surface area (Å²) in [7, 11) is 0. The van der Waals surface area contributed by atoms with E-state index in [4.69, 9.17) is 10.7 Å². The molecule has 0 aromatic carbocycles. The van der Waals surface area contributed by atoms with Gasteiger partial charge in [-0.3, -0.25) is 14.9 Å². The molecule has 0 bridgehead atoms. The number of aromatic nitrogens is 3. The highest BCUT2D eigenvalue weighted by molar-refractivity contribution is 6.15. The topological polar surface area (TPSA) is 126 Å². The summed E-state index contributed by atoms with van der Waals surface area (Å²) >= 11 is 0. The first-order chi connectivity index (χ1) is 14.0. The number of nitrogens with one attached hydrogen (secondary N) is 3. The van der Waals surface area contributed by atoms with E-state index in [2.05, 4.69) is 21.0 Å². The highest BCUT2D eigenvalue weighted by Gasteiger charge is 2.26. The molecule has 0 unspecified atom stereocenters. The lowest BCUT2D eigenvalue weighted by Crippen LogP contribution is -2.33. The number of amides is 2. The molecule has 29 heavy (non-hydrogen) atoms. The van der Waals surface area contributed by atoms with E-state index in [1.165, 1.54) is 0 Å². The molecule has 0 radical (unpaired) electrons. The van der Waals surface area contributed by atoms with Crippen molar-refractivity contribution >= 4 is 35.2 Å². The third kappa shape index (κ3) is 3.82. The minimum absolute atomic E-state index is 0.0869. The van der Waals surface area contributed by atoms with Crippen molar-refractivity contribution in [1.82, 2.24) is 19.9 Å². The average molecular weight is 395 g/mol. The van der Waals surface area contributed by atoms with Gasteiger partial charge in [-0.15, -0.1) is 0 Å². The number of carbonyl (C=O) groups is 2. The first-order valence-corrected chi connectivity index (χ1v) is 10.3. The summed E-state index contributed by atoms with van der Waals surface area (Å²) in [5.41, 5.74) is 7.84. The van der Waals surface area contributed by atoms with E-state index in [9.17, 15) is 9.59 Å². The lowest BCUT2D eigenvalue weighted by Gasteiger charge is -2.27. The smallest absolute Gasteiger partial charge is 0.254 e. The van der Waals surface area contributed by atoms with Crippen LogP contribution >= 0.6 is 0 Å². The van der Waals surface area contributed by atoms with E-state index in [1.807, 2.05) is 6.07 Å². The lowest BCUT2D eigenvalue weighted by molar-refractivity contribution is -0.124. The van der Waals surface area contributed by atoms with Crippen molar-refractivity contribution in [3.8, 4) is 0 Å². The second kappa shape index (κ2) is 7.14. The van der Waals surface area contributed by atoms with Gasteiger partial charge in [0.2, 0.25) is 5.91 Å². The van der Waals surface area contributed by atoms with Gasteiger partial charge in [0.05, 0.1) is 12.6 Å². The predicted octanol–water partition coefficient (Wildman–Crippen LogP) is 1.42. The Kier molecular flexibility index (Phi) is 4.46. The number of hydrogen-bond donors (Lipinski definition) is 4. The molecular weight excluding hydrogens is 370 g/mol. The van der Waals surface area contributed by atoms with Crippen LogP contribution in [0, 0.1) is 0 Å². The van der Waals surface area contributed by atoms with Crippen molar-refractivity contribution < 1.29 is 9.59 Å². The van der Waals surface area contributed by atoms with Crippen LogP contribution in [-0.4, -0.2) is 44.5 Å². The largest absolute Gasteiger partial charge is 0.367 e. The van der Waals surface area contributed by atoms with Crippen LogP contribution in [0.4, 0.5) is 11.6 Å². The zero-order valence-electron chi connectivity index (χ0n) is 16.1. The van der Waals surface area contributed by atoms with Gasteiger partial charge in [0, 0.05) is 35.3 Å². The summed E-state index contributed by atoms with van der Waals surface area (Å²) in [5.74, 6) is 1.04. The van der Waals surface area contributed by atoms with Gasteiger partial charge in [0.15, 0.2) is 5.65 Å². The molecule has 5 N–H and O–H groups in total. The van der Waals surface area contributed by atoms with Gasteiger partial charge in [-0.2, -0.15) is 9.61 Å². The summed E-state index contributed by atoms with van der Waals surface area (Å²) in [6, 6.07) is 3.10.